The fourth-order valence-electron chi connectivity index (χ4n) is 1.54. The summed E-state index contributed by atoms with van der Waals surface area (Å²) in [4.78, 5) is 4.42. The van der Waals surface area contributed by atoms with Gasteiger partial charge in [0.05, 0.1) is 10.5 Å². The van der Waals surface area contributed by atoms with Crippen LogP contribution in [0.2, 0.25) is 10.0 Å². The highest BCUT2D eigenvalue weighted by atomic mass is 35.5. The first-order chi connectivity index (χ1) is 7.11. The van der Waals surface area contributed by atoms with Crippen molar-refractivity contribution in [3.8, 4) is 0 Å². The number of aromatic nitrogens is 1. The number of benzene rings is 1. The van der Waals surface area contributed by atoms with Crippen molar-refractivity contribution in [3.05, 3.63) is 39.5 Å². The molecule has 0 aliphatic heterocycles. The first-order valence-electron chi connectivity index (χ1n) is 4.57. The molecule has 0 unspecified atom stereocenters. The number of nitrogens with two attached hydrogens (primary N) is 1. The summed E-state index contributed by atoms with van der Waals surface area (Å²) in [5.74, 6) is 0. The fraction of sp³-hybridized carbons (Fsp3) is 0.182. The van der Waals surface area contributed by atoms with Crippen LogP contribution in [-0.2, 0) is 6.54 Å². The zero-order valence-electron chi connectivity index (χ0n) is 8.22. The first-order valence-corrected chi connectivity index (χ1v) is 5.32. The summed E-state index contributed by atoms with van der Waals surface area (Å²) in [5, 5.41) is 2.10. The third kappa shape index (κ3) is 1.93. The molecule has 2 rings (SSSR count). The topological polar surface area (TPSA) is 38.9 Å². The molecule has 1 aromatic carbocycles. The van der Waals surface area contributed by atoms with Crippen molar-refractivity contribution in [1.29, 1.82) is 0 Å². The summed E-state index contributed by atoms with van der Waals surface area (Å²) in [5.41, 5.74) is 8.35. The SMILES string of the molecule is Cc1nc2cc(Cl)cc(Cl)c2cc1CN. The van der Waals surface area contributed by atoms with E-state index in [-0.39, 0.29) is 0 Å². The highest BCUT2D eigenvalue weighted by Gasteiger charge is 2.06. The molecule has 0 aliphatic carbocycles. The van der Waals surface area contributed by atoms with Gasteiger partial charge in [0.15, 0.2) is 0 Å². The number of pyridine rings is 1. The van der Waals surface area contributed by atoms with Gasteiger partial charge in [-0.25, -0.2) is 0 Å². The standard InChI is InChI=1S/C11H10Cl2N2/c1-6-7(5-14)2-9-10(13)3-8(12)4-11(9)15-6/h2-4H,5,14H2,1H3. The molecule has 0 fully saturated rings. The highest BCUT2D eigenvalue weighted by molar-refractivity contribution is 6.38. The summed E-state index contributed by atoms with van der Waals surface area (Å²) in [6.45, 7) is 2.39. The van der Waals surface area contributed by atoms with Crippen LogP contribution < -0.4 is 5.73 Å². The van der Waals surface area contributed by atoms with Crippen LogP contribution >= 0.6 is 23.2 Å². The van der Waals surface area contributed by atoms with Gasteiger partial charge < -0.3 is 5.73 Å². The normalized spacial score (nSPS) is 10.9. The van der Waals surface area contributed by atoms with E-state index in [1.807, 2.05) is 13.0 Å². The lowest BCUT2D eigenvalue weighted by Crippen LogP contribution is -2.01. The van der Waals surface area contributed by atoms with E-state index in [2.05, 4.69) is 4.98 Å². The Balaban J connectivity index is 2.81. The van der Waals surface area contributed by atoms with E-state index in [1.54, 1.807) is 12.1 Å². The van der Waals surface area contributed by atoms with Gasteiger partial charge in [-0.3, -0.25) is 4.98 Å². The van der Waals surface area contributed by atoms with Crippen LogP contribution in [0, 0.1) is 6.92 Å². The number of hydrogen-bond acceptors (Lipinski definition) is 2. The summed E-state index contributed by atoms with van der Waals surface area (Å²) >= 11 is 12.0. The molecule has 0 bridgehead atoms. The lowest BCUT2D eigenvalue weighted by molar-refractivity contribution is 1.02. The average molecular weight is 241 g/mol. The second-order valence-corrected chi connectivity index (χ2v) is 4.23. The molecule has 0 spiro atoms. The number of fused-ring (bicyclic) bond motifs is 1. The number of hydrogen-bond donors (Lipinski definition) is 1. The summed E-state index contributed by atoms with van der Waals surface area (Å²) in [6, 6.07) is 5.48. The zero-order valence-corrected chi connectivity index (χ0v) is 9.73. The Hall–Kier alpha value is -0.830. The van der Waals surface area contributed by atoms with Gasteiger partial charge >= 0.3 is 0 Å². The van der Waals surface area contributed by atoms with E-state index in [4.69, 9.17) is 28.9 Å². The Bertz CT molecular complexity index is 523. The Morgan fingerprint density at radius 2 is 2.00 bits per heavy atom. The molecule has 78 valence electrons. The van der Waals surface area contributed by atoms with E-state index in [0.717, 1.165) is 22.2 Å². The lowest BCUT2D eigenvalue weighted by atomic mass is 10.1. The maximum absolute atomic E-state index is 6.08. The van der Waals surface area contributed by atoms with Crippen LogP contribution in [0.5, 0.6) is 0 Å². The molecule has 0 saturated heterocycles. The van der Waals surface area contributed by atoms with Crippen LogP contribution in [0.15, 0.2) is 18.2 Å². The number of halogens is 2. The van der Waals surface area contributed by atoms with E-state index < -0.39 is 0 Å². The van der Waals surface area contributed by atoms with Crippen LogP contribution in [0.25, 0.3) is 10.9 Å². The zero-order chi connectivity index (χ0) is 11.0. The predicted octanol–water partition coefficient (Wildman–Crippen LogP) is 3.31. The van der Waals surface area contributed by atoms with Crippen molar-refractivity contribution in [2.45, 2.75) is 13.5 Å². The molecule has 2 N–H and O–H groups in total. The van der Waals surface area contributed by atoms with E-state index in [9.17, 15) is 0 Å². The average Bonchev–Trinajstić information content (AvgIpc) is 2.16. The van der Waals surface area contributed by atoms with Crippen molar-refractivity contribution < 1.29 is 0 Å². The minimum atomic E-state index is 0.466. The molecular formula is C11H10Cl2N2. The maximum Gasteiger partial charge on any atom is 0.0735 e. The van der Waals surface area contributed by atoms with E-state index in [0.29, 0.717) is 16.6 Å². The quantitative estimate of drug-likeness (QED) is 0.831. The molecule has 0 radical (unpaired) electrons. The Morgan fingerprint density at radius 3 is 2.67 bits per heavy atom. The Morgan fingerprint density at radius 1 is 1.27 bits per heavy atom. The van der Waals surface area contributed by atoms with Gasteiger partial charge in [0, 0.05) is 22.6 Å². The van der Waals surface area contributed by atoms with Gasteiger partial charge in [-0.15, -0.1) is 0 Å². The third-order valence-corrected chi connectivity index (χ3v) is 2.89. The van der Waals surface area contributed by atoms with Crippen LogP contribution in [0.4, 0.5) is 0 Å². The molecule has 2 aromatic rings. The maximum atomic E-state index is 6.08. The molecule has 1 heterocycles. The molecule has 0 amide bonds. The van der Waals surface area contributed by atoms with Gasteiger partial charge in [-0.05, 0) is 30.7 Å². The fourth-order valence-corrected chi connectivity index (χ4v) is 2.08. The molecule has 4 heteroatoms. The molecule has 2 nitrogen and oxygen atoms in total. The first kappa shape index (κ1) is 10.7. The number of aryl methyl sites for hydroxylation is 1. The lowest BCUT2D eigenvalue weighted by Gasteiger charge is -2.06. The number of nitrogens with zero attached hydrogens (tertiary/aromatic N) is 1. The second kappa shape index (κ2) is 3.97. The molecule has 1 aromatic heterocycles. The van der Waals surface area contributed by atoms with Crippen molar-refractivity contribution >= 4 is 34.1 Å². The van der Waals surface area contributed by atoms with E-state index in [1.165, 1.54) is 0 Å². The summed E-state index contributed by atoms with van der Waals surface area (Å²) < 4.78 is 0. The van der Waals surface area contributed by atoms with Gasteiger partial charge in [-0.1, -0.05) is 23.2 Å². The molecular weight excluding hydrogens is 231 g/mol. The van der Waals surface area contributed by atoms with Gasteiger partial charge in [0.2, 0.25) is 0 Å². The Labute approximate surface area is 98.0 Å². The minimum absolute atomic E-state index is 0.466. The van der Waals surface area contributed by atoms with Crippen LogP contribution in [0.3, 0.4) is 0 Å². The monoisotopic (exact) mass is 240 g/mol. The Kier molecular flexibility index (Phi) is 2.83. The van der Waals surface area contributed by atoms with Crippen molar-refractivity contribution in [2.24, 2.45) is 5.73 Å². The van der Waals surface area contributed by atoms with Crippen molar-refractivity contribution in [1.82, 2.24) is 4.98 Å². The van der Waals surface area contributed by atoms with Crippen molar-refractivity contribution in [3.63, 3.8) is 0 Å². The van der Waals surface area contributed by atoms with Crippen molar-refractivity contribution in [2.75, 3.05) is 0 Å². The molecule has 0 atom stereocenters. The molecule has 0 saturated carbocycles. The van der Waals surface area contributed by atoms with E-state index >= 15 is 0 Å². The van der Waals surface area contributed by atoms with Gasteiger partial charge in [0.1, 0.15) is 0 Å². The highest BCUT2D eigenvalue weighted by Crippen LogP contribution is 2.28. The van der Waals surface area contributed by atoms with Crippen LogP contribution in [0.1, 0.15) is 11.3 Å². The molecule has 0 aliphatic rings. The summed E-state index contributed by atoms with van der Waals surface area (Å²) in [6.07, 6.45) is 0. The third-order valence-electron chi connectivity index (χ3n) is 2.36. The number of rotatable bonds is 1. The minimum Gasteiger partial charge on any atom is -0.326 e. The van der Waals surface area contributed by atoms with Crippen LogP contribution in [-0.4, -0.2) is 4.98 Å². The molecule has 15 heavy (non-hydrogen) atoms. The van der Waals surface area contributed by atoms with Gasteiger partial charge in [-0.2, -0.15) is 0 Å². The van der Waals surface area contributed by atoms with Gasteiger partial charge in [0.25, 0.3) is 0 Å². The second-order valence-electron chi connectivity index (χ2n) is 3.39. The smallest absolute Gasteiger partial charge is 0.0735 e. The predicted molar refractivity (Wildman–Crippen MR) is 64.4 cm³/mol. The summed E-state index contributed by atoms with van der Waals surface area (Å²) in [7, 11) is 0. The largest absolute Gasteiger partial charge is 0.326 e.